The Bertz CT molecular complexity index is 607. The molecule has 1 fully saturated rings. The summed E-state index contributed by atoms with van der Waals surface area (Å²) in [7, 11) is 0. The lowest BCUT2D eigenvalue weighted by molar-refractivity contribution is -0.0286. The second-order valence-corrected chi connectivity index (χ2v) is 6.89. The van der Waals surface area contributed by atoms with Gasteiger partial charge in [-0.3, -0.25) is 4.79 Å². The molecule has 0 saturated carbocycles. The zero-order chi connectivity index (χ0) is 19.1. The standard InChI is InChI=1S/C19H28FN3O3/c1-4-21-19(25)22-9-10-26-17(12-22)13-23(11-14(2)3)18(24)15-5-7-16(20)8-6-15/h5-8,14,17H,4,9-13H2,1-3H3,(H,21,25)/t17-/m0/s1. The molecule has 6 nitrogen and oxygen atoms in total. The van der Waals surface area contributed by atoms with E-state index in [4.69, 9.17) is 4.74 Å². The van der Waals surface area contributed by atoms with E-state index in [1.807, 2.05) is 20.8 Å². The Balaban J connectivity index is 2.05. The van der Waals surface area contributed by atoms with Crippen molar-refractivity contribution in [2.45, 2.75) is 26.9 Å². The van der Waals surface area contributed by atoms with Crippen LogP contribution in [-0.4, -0.2) is 67.2 Å². The number of amides is 3. The van der Waals surface area contributed by atoms with E-state index < -0.39 is 0 Å². The Morgan fingerprint density at radius 1 is 1.35 bits per heavy atom. The van der Waals surface area contributed by atoms with Crippen molar-refractivity contribution in [3.8, 4) is 0 Å². The predicted octanol–water partition coefficient (Wildman–Crippen LogP) is 2.35. The Kier molecular flexibility index (Phi) is 7.38. The molecule has 1 saturated heterocycles. The van der Waals surface area contributed by atoms with Gasteiger partial charge >= 0.3 is 6.03 Å². The second-order valence-electron chi connectivity index (χ2n) is 6.89. The van der Waals surface area contributed by atoms with Gasteiger partial charge in [-0.1, -0.05) is 13.8 Å². The molecular weight excluding hydrogens is 337 g/mol. The number of nitrogens with zero attached hydrogens (tertiary/aromatic N) is 2. The third-order valence-electron chi connectivity index (χ3n) is 4.14. The van der Waals surface area contributed by atoms with E-state index in [0.29, 0.717) is 44.9 Å². The zero-order valence-electron chi connectivity index (χ0n) is 15.7. The summed E-state index contributed by atoms with van der Waals surface area (Å²) in [5.41, 5.74) is 0.448. The molecule has 3 amide bonds. The van der Waals surface area contributed by atoms with Crippen LogP contribution in [0.25, 0.3) is 0 Å². The first-order valence-electron chi connectivity index (χ1n) is 9.10. The van der Waals surface area contributed by atoms with Crippen LogP contribution in [0.4, 0.5) is 9.18 Å². The van der Waals surface area contributed by atoms with Crippen molar-refractivity contribution in [1.29, 1.82) is 0 Å². The fraction of sp³-hybridized carbons (Fsp3) is 0.579. The van der Waals surface area contributed by atoms with Crippen LogP contribution in [0.1, 0.15) is 31.1 Å². The first kappa shape index (κ1) is 20.2. The SMILES string of the molecule is CCNC(=O)N1CCO[C@H](CN(CC(C)C)C(=O)c2ccc(F)cc2)C1. The molecule has 26 heavy (non-hydrogen) atoms. The van der Waals surface area contributed by atoms with Crippen LogP contribution in [0.3, 0.4) is 0 Å². The minimum absolute atomic E-state index is 0.110. The number of urea groups is 1. The van der Waals surface area contributed by atoms with Gasteiger partial charge in [-0.25, -0.2) is 9.18 Å². The number of carbonyl (C=O) groups excluding carboxylic acids is 2. The van der Waals surface area contributed by atoms with Crippen molar-refractivity contribution >= 4 is 11.9 Å². The van der Waals surface area contributed by atoms with Crippen LogP contribution in [0, 0.1) is 11.7 Å². The number of hydrogen-bond acceptors (Lipinski definition) is 3. The number of hydrogen-bond donors (Lipinski definition) is 1. The Morgan fingerprint density at radius 2 is 2.04 bits per heavy atom. The van der Waals surface area contributed by atoms with E-state index in [-0.39, 0.29) is 29.8 Å². The van der Waals surface area contributed by atoms with Crippen molar-refractivity contribution < 1.29 is 18.7 Å². The fourth-order valence-electron chi connectivity index (χ4n) is 2.98. The topological polar surface area (TPSA) is 61.9 Å². The van der Waals surface area contributed by atoms with Crippen LogP contribution < -0.4 is 5.32 Å². The average molecular weight is 365 g/mol. The normalized spacial score (nSPS) is 17.3. The van der Waals surface area contributed by atoms with E-state index in [1.54, 1.807) is 9.80 Å². The van der Waals surface area contributed by atoms with Gasteiger partial charge in [-0.2, -0.15) is 0 Å². The first-order chi connectivity index (χ1) is 12.4. The van der Waals surface area contributed by atoms with Crippen LogP contribution in [0.2, 0.25) is 0 Å². The molecule has 1 aliphatic heterocycles. The highest BCUT2D eigenvalue weighted by Gasteiger charge is 2.28. The minimum atomic E-state index is -0.370. The molecule has 1 atom stereocenters. The average Bonchev–Trinajstić information content (AvgIpc) is 2.61. The largest absolute Gasteiger partial charge is 0.373 e. The zero-order valence-corrected chi connectivity index (χ0v) is 15.7. The molecule has 1 aromatic rings. The lowest BCUT2D eigenvalue weighted by Crippen LogP contribution is -2.53. The fourth-order valence-corrected chi connectivity index (χ4v) is 2.98. The van der Waals surface area contributed by atoms with E-state index in [1.165, 1.54) is 24.3 Å². The van der Waals surface area contributed by atoms with E-state index in [0.717, 1.165) is 0 Å². The van der Waals surface area contributed by atoms with Crippen molar-refractivity contribution in [1.82, 2.24) is 15.1 Å². The molecule has 0 bridgehead atoms. The molecule has 1 aromatic carbocycles. The maximum absolute atomic E-state index is 13.1. The van der Waals surface area contributed by atoms with E-state index in [9.17, 15) is 14.0 Å². The number of benzene rings is 1. The van der Waals surface area contributed by atoms with Crippen molar-refractivity contribution in [3.63, 3.8) is 0 Å². The minimum Gasteiger partial charge on any atom is -0.373 e. The maximum atomic E-state index is 13.1. The summed E-state index contributed by atoms with van der Waals surface area (Å²) in [6, 6.07) is 5.45. The Morgan fingerprint density at radius 3 is 2.65 bits per heavy atom. The summed E-state index contributed by atoms with van der Waals surface area (Å²) >= 11 is 0. The molecule has 1 heterocycles. The number of nitrogens with one attached hydrogen (secondary N) is 1. The molecule has 0 spiro atoms. The molecular formula is C19H28FN3O3. The van der Waals surface area contributed by atoms with E-state index in [2.05, 4.69) is 5.32 Å². The number of ether oxygens (including phenoxy) is 1. The lowest BCUT2D eigenvalue weighted by Gasteiger charge is -2.36. The molecule has 0 unspecified atom stereocenters. The summed E-state index contributed by atoms with van der Waals surface area (Å²) in [5.74, 6) is -0.245. The molecule has 2 rings (SSSR count). The molecule has 144 valence electrons. The predicted molar refractivity (Wildman–Crippen MR) is 97.5 cm³/mol. The Labute approximate surface area is 154 Å². The molecule has 1 N–H and O–H groups in total. The number of rotatable bonds is 6. The van der Waals surface area contributed by atoms with Gasteiger partial charge < -0.3 is 19.9 Å². The first-order valence-corrected chi connectivity index (χ1v) is 9.10. The highest BCUT2D eigenvalue weighted by Crippen LogP contribution is 2.13. The summed E-state index contributed by atoms with van der Waals surface area (Å²) in [5, 5.41) is 2.79. The number of morpholine rings is 1. The summed E-state index contributed by atoms with van der Waals surface area (Å²) in [6.07, 6.45) is -0.241. The van der Waals surface area contributed by atoms with Gasteiger partial charge in [-0.05, 0) is 37.1 Å². The third-order valence-corrected chi connectivity index (χ3v) is 4.14. The molecule has 0 radical (unpaired) electrons. The highest BCUT2D eigenvalue weighted by atomic mass is 19.1. The summed E-state index contributed by atoms with van der Waals surface area (Å²) in [6.45, 7) is 8.91. The smallest absolute Gasteiger partial charge is 0.317 e. The second kappa shape index (κ2) is 9.52. The van der Waals surface area contributed by atoms with Crippen LogP contribution >= 0.6 is 0 Å². The van der Waals surface area contributed by atoms with Gasteiger partial charge in [0.1, 0.15) is 5.82 Å². The number of halogens is 1. The molecule has 1 aliphatic rings. The van der Waals surface area contributed by atoms with Crippen LogP contribution in [0.15, 0.2) is 24.3 Å². The van der Waals surface area contributed by atoms with Gasteiger partial charge in [0.2, 0.25) is 0 Å². The molecule has 0 aliphatic carbocycles. The molecule has 0 aromatic heterocycles. The van der Waals surface area contributed by atoms with Gasteiger partial charge in [0.15, 0.2) is 0 Å². The lowest BCUT2D eigenvalue weighted by atomic mass is 10.1. The van der Waals surface area contributed by atoms with Gasteiger partial charge in [0.25, 0.3) is 5.91 Å². The monoisotopic (exact) mass is 365 g/mol. The van der Waals surface area contributed by atoms with Gasteiger partial charge in [-0.15, -0.1) is 0 Å². The third kappa shape index (κ3) is 5.69. The summed E-state index contributed by atoms with van der Waals surface area (Å²) in [4.78, 5) is 28.3. The van der Waals surface area contributed by atoms with Crippen molar-refractivity contribution in [3.05, 3.63) is 35.6 Å². The molecule has 7 heteroatoms. The van der Waals surface area contributed by atoms with Crippen molar-refractivity contribution in [2.24, 2.45) is 5.92 Å². The van der Waals surface area contributed by atoms with Gasteiger partial charge in [0, 0.05) is 31.7 Å². The Hall–Kier alpha value is -2.15. The quantitative estimate of drug-likeness (QED) is 0.842. The van der Waals surface area contributed by atoms with Crippen molar-refractivity contribution in [2.75, 3.05) is 39.3 Å². The van der Waals surface area contributed by atoms with Gasteiger partial charge in [0.05, 0.1) is 19.3 Å². The maximum Gasteiger partial charge on any atom is 0.317 e. The van der Waals surface area contributed by atoms with E-state index >= 15 is 0 Å². The van der Waals surface area contributed by atoms with Crippen LogP contribution in [0.5, 0.6) is 0 Å². The summed E-state index contributed by atoms with van der Waals surface area (Å²) < 4.78 is 18.9. The highest BCUT2D eigenvalue weighted by molar-refractivity contribution is 5.94. The number of carbonyl (C=O) groups is 2. The van der Waals surface area contributed by atoms with Crippen LogP contribution in [-0.2, 0) is 4.74 Å².